The summed E-state index contributed by atoms with van der Waals surface area (Å²) >= 11 is 5.21. The molecule has 0 aliphatic rings. The second-order valence-electron chi connectivity index (χ2n) is 5.67. The fraction of sp³-hybridized carbons (Fsp3) is 0.100. The Morgan fingerprint density at radius 1 is 1.04 bits per heavy atom. The lowest BCUT2D eigenvalue weighted by Gasteiger charge is -2.10. The predicted molar refractivity (Wildman–Crippen MR) is 105 cm³/mol. The minimum Gasteiger partial charge on any atom is -0.459 e. The van der Waals surface area contributed by atoms with Crippen LogP contribution in [0.4, 0.5) is 5.69 Å². The number of thiocarbonyl (C=S) groups is 1. The number of anilines is 1. The lowest BCUT2D eigenvalue weighted by Crippen LogP contribution is -2.35. The van der Waals surface area contributed by atoms with Crippen molar-refractivity contribution in [3.63, 3.8) is 0 Å². The summed E-state index contributed by atoms with van der Waals surface area (Å²) in [6.07, 6.45) is 0.263. The van der Waals surface area contributed by atoms with Crippen LogP contribution in [0.15, 0.2) is 71.1 Å². The van der Waals surface area contributed by atoms with E-state index in [0.717, 1.165) is 16.8 Å². The molecule has 3 aromatic rings. The van der Waals surface area contributed by atoms with E-state index in [2.05, 4.69) is 10.6 Å². The molecule has 0 atom stereocenters. The number of aliphatic hydroxyl groups excluding tert-OH is 1. The highest BCUT2D eigenvalue weighted by Crippen LogP contribution is 2.24. The SMILES string of the molecule is O=C(Cc1ccccc1)NC(=S)Nc1cccc(-c2ccc(CO)o2)c1. The number of nitrogens with one attached hydrogen (secondary N) is 2. The molecular weight excluding hydrogens is 348 g/mol. The maximum Gasteiger partial charge on any atom is 0.230 e. The predicted octanol–water partition coefficient (Wildman–Crippen LogP) is 3.49. The van der Waals surface area contributed by atoms with Crippen molar-refractivity contribution in [2.75, 3.05) is 5.32 Å². The number of amides is 1. The third-order valence-corrected chi connectivity index (χ3v) is 3.89. The van der Waals surface area contributed by atoms with Crippen LogP contribution in [0.1, 0.15) is 11.3 Å². The van der Waals surface area contributed by atoms with E-state index >= 15 is 0 Å². The molecule has 0 bridgehead atoms. The van der Waals surface area contributed by atoms with Crippen LogP contribution in [-0.4, -0.2) is 16.1 Å². The summed E-state index contributed by atoms with van der Waals surface area (Å²) in [5.41, 5.74) is 2.50. The Kier molecular flexibility index (Phi) is 5.78. The topological polar surface area (TPSA) is 74.5 Å². The number of rotatable bonds is 5. The van der Waals surface area contributed by atoms with Crippen LogP contribution in [0, 0.1) is 0 Å². The summed E-state index contributed by atoms with van der Waals surface area (Å²) in [5, 5.41) is 15.0. The number of furan rings is 1. The summed E-state index contributed by atoms with van der Waals surface area (Å²) < 4.78 is 5.53. The first-order valence-electron chi connectivity index (χ1n) is 8.09. The van der Waals surface area contributed by atoms with Crippen LogP contribution in [-0.2, 0) is 17.8 Å². The van der Waals surface area contributed by atoms with Crippen molar-refractivity contribution >= 4 is 28.9 Å². The van der Waals surface area contributed by atoms with Crippen molar-refractivity contribution in [3.8, 4) is 11.3 Å². The van der Waals surface area contributed by atoms with E-state index < -0.39 is 0 Å². The molecule has 0 radical (unpaired) electrons. The molecule has 1 aromatic heterocycles. The quantitative estimate of drug-likeness (QED) is 0.603. The van der Waals surface area contributed by atoms with Gasteiger partial charge in [-0.25, -0.2) is 0 Å². The summed E-state index contributed by atoms with van der Waals surface area (Å²) in [5.74, 6) is 0.974. The van der Waals surface area contributed by atoms with E-state index in [1.807, 2.05) is 54.6 Å². The Labute approximate surface area is 156 Å². The van der Waals surface area contributed by atoms with Gasteiger partial charge in [0.25, 0.3) is 0 Å². The third kappa shape index (κ3) is 4.78. The van der Waals surface area contributed by atoms with Gasteiger partial charge in [-0.1, -0.05) is 42.5 Å². The van der Waals surface area contributed by atoms with Crippen molar-refractivity contribution in [3.05, 3.63) is 78.1 Å². The highest BCUT2D eigenvalue weighted by molar-refractivity contribution is 7.80. The smallest absolute Gasteiger partial charge is 0.230 e. The summed E-state index contributed by atoms with van der Waals surface area (Å²) in [7, 11) is 0. The second-order valence-corrected chi connectivity index (χ2v) is 6.08. The number of hydrogen-bond acceptors (Lipinski definition) is 4. The van der Waals surface area contributed by atoms with E-state index in [1.54, 1.807) is 12.1 Å². The lowest BCUT2D eigenvalue weighted by molar-refractivity contribution is -0.119. The molecular formula is C20H18N2O3S. The van der Waals surface area contributed by atoms with Gasteiger partial charge in [-0.3, -0.25) is 4.79 Å². The van der Waals surface area contributed by atoms with Gasteiger partial charge in [0, 0.05) is 11.3 Å². The van der Waals surface area contributed by atoms with E-state index in [9.17, 15) is 4.79 Å². The monoisotopic (exact) mass is 366 g/mol. The van der Waals surface area contributed by atoms with E-state index in [0.29, 0.717) is 11.5 Å². The van der Waals surface area contributed by atoms with E-state index in [4.69, 9.17) is 21.7 Å². The van der Waals surface area contributed by atoms with Crippen LogP contribution in [0.3, 0.4) is 0 Å². The van der Waals surface area contributed by atoms with Crippen molar-refractivity contribution < 1.29 is 14.3 Å². The van der Waals surface area contributed by atoms with Crippen LogP contribution in [0.2, 0.25) is 0 Å². The molecule has 3 rings (SSSR count). The van der Waals surface area contributed by atoms with Gasteiger partial charge in [0.1, 0.15) is 18.1 Å². The average Bonchev–Trinajstić information content (AvgIpc) is 3.12. The van der Waals surface area contributed by atoms with Gasteiger partial charge < -0.3 is 20.2 Å². The minimum atomic E-state index is -0.177. The number of carbonyl (C=O) groups excluding carboxylic acids is 1. The molecule has 132 valence electrons. The Morgan fingerprint density at radius 2 is 1.85 bits per heavy atom. The number of hydrogen-bond donors (Lipinski definition) is 3. The summed E-state index contributed by atoms with van der Waals surface area (Å²) in [6, 6.07) is 20.4. The molecule has 0 saturated carbocycles. The Morgan fingerprint density at radius 3 is 2.58 bits per heavy atom. The van der Waals surface area contributed by atoms with Gasteiger partial charge in [0.15, 0.2) is 5.11 Å². The molecule has 0 unspecified atom stereocenters. The van der Waals surface area contributed by atoms with Gasteiger partial charge in [0.2, 0.25) is 5.91 Å². The lowest BCUT2D eigenvalue weighted by atomic mass is 10.1. The first kappa shape index (κ1) is 17.8. The molecule has 2 aromatic carbocycles. The average molecular weight is 366 g/mol. The molecule has 0 saturated heterocycles. The summed E-state index contributed by atoms with van der Waals surface area (Å²) in [6.45, 7) is -0.143. The molecule has 0 spiro atoms. The molecule has 1 amide bonds. The Hall–Kier alpha value is -2.96. The molecule has 0 aliphatic carbocycles. The Bertz CT molecular complexity index is 906. The number of benzene rings is 2. The van der Waals surface area contributed by atoms with Crippen LogP contribution in [0.25, 0.3) is 11.3 Å². The molecule has 5 nitrogen and oxygen atoms in total. The zero-order valence-electron chi connectivity index (χ0n) is 13.9. The van der Waals surface area contributed by atoms with Gasteiger partial charge in [-0.15, -0.1) is 0 Å². The Balaban J connectivity index is 1.60. The number of carbonyl (C=O) groups is 1. The second kappa shape index (κ2) is 8.42. The van der Waals surface area contributed by atoms with Gasteiger partial charge in [0.05, 0.1) is 6.42 Å². The third-order valence-electron chi connectivity index (χ3n) is 3.68. The van der Waals surface area contributed by atoms with Gasteiger partial charge in [-0.05, 0) is 42.0 Å². The normalized spacial score (nSPS) is 10.3. The molecule has 26 heavy (non-hydrogen) atoms. The van der Waals surface area contributed by atoms with E-state index in [1.165, 1.54) is 0 Å². The van der Waals surface area contributed by atoms with Gasteiger partial charge >= 0.3 is 0 Å². The standard InChI is InChI=1S/C20H18N2O3S/c23-13-17-9-10-18(25-17)15-7-4-8-16(12-15)21-20(26)22-19(24)11-14-5-2-1-3-6-14/h1-10,12,23H,11,13H2,(H2,21,22,24,26). The number of aliphatic hydroxyl groups is 1. The highest BCUT2D eigenvalue weighted by Gasteiger charge is 2.08. The fourth-order valence-corrected chi connectivity index (χ4v) is 2.71. The zero-order valence-corrected chi connectivity index (χ0v) is 14.8. The van der Waals surface area contributed by atoms with Crippen molar-refractivity contribution in [1.29, 1.82) is 0 Å². The first-order valence-corrected chi connectivity index (χ1v) is 8.49. The molecule has 6 heteroatoms. The van der Waals surface area contributed by atoms with Gasteiger partial charge in [-0.2, -0.15) is 0 Å². The van der Waals surface area contributed by atoms with Crippen molar-refractivity contribution in [2.45, 2.75) is 13.0 Å². The molecule has 1 heterocycles. The fourth-order valence-electron chi connectivity index (χ4n) is 2.48. The van der Waals surface area contributed by atoms with Crippen LogP contribution < -0.4 is 10.6 Å². The first-order chi connectivity index (χ1) is 12.6. The van der Waals surface area contributed by atoms with Crippen molar-refractivity contribution in [2.24, 2.45) is 0 Å². The summed E-state index contributed by atoms with van der Waals surface area (Å²) in [4.78, 5) is 12.1. The van der Waals surface area contributed by atoms with Crippen molar-refractivity contribution in [1.82, 2.24) is 5.32 Å². The van der Waals surface area contributed by atoms with E-state index in [-0.39, 0.29) is 24.0 Å². The largest absolute Gasteiger partial charge is 0.459 e. The zero-order chi connectivity index (χ0) is 18.4. The maximum absolute atomic E-state index is 12.1. The molecule has 3 N–H and O–H groups in total. The van der Waals surface area contributed by atoms with Crippen LogP contribution in [0.5, 0.6) is 0 Å². The van der Waals surface area contributed by atoms with Crippen LogP contribution >= 0.6 is 12.2 Å². The molecule has 0 fully saturated rings. The maximum atomic E-state index is 12.1. The highest BCUT2D eigenvalue weighted by atomic mass is 32.1. The minimum absolute atomic E-state index is 0.143. The molecule has 0 aliphatic heterocycles.